The second-order valence-corrected chi connectivity index (χ2v) is 7.38. The molecule has 3 amide bonds. The van der Waals surface area contributed by atoms with Crippen molar-refractivity contribution in [2.45, 2.75) is 24.3 Å². The van der Waals surface area contributed by atoms with E-state index in [1.807, 2.05) is 13.0 Å². The Balaban J connectivity index is 2.10. The van der Waals surface area contributed by atoms with Crippen molar-refractivity contribution in [1.82, 2.24) is 25.2 Å². The van der Waals surface area contributed by atoms with Crippen LogP contribution in [0.2, 0.25) is 0 Å². The van der Waals surface area contributed by atoms with Gasteiger partial charge in [-0.25, -0.2) is 19.3 Å². The van der Waals surface area contributed by atoms with Crippen molar-refractivity contribution in [3.05, 3.63) is 58.5 Å². The molecule has 2 aromatic heterocycles. The molecule has 0 saturated heterocycles. The van der Waals surface area contributed by atoms with Gasteiger partial charge in [-0.3, -0.25) is 14.9 Å². The summed E-state index contributed by atoms with van der Waals surface area (Å²) in [6, 6.07) is 10.0. The van der Waals surface area contributed by atoms with E-state index >= 15 is 0 Å². The van der Waals surface area contributed by atoms with Gasteiger partial charge in [-0.15, -0.1) is 0 Å². The van der Waals surface area contributed by atoms with Crippen molar-refractivity contribution in [2.75, 3.05) is 7.05 Å². The Morgan fingerprint density at radius 1 is 1.21 bits per heavy atom. The van der Waals surface area contributed by atoms with Crippen molar-refractivity contribution in [2.24, 2.45) is 0 Å². The molecule has 2 N–H and O–H groups in total. The van der Waals surface area contributed by atoms with E-state index in [1.54, 1.807) is 43.5 Å². The first-order chi connectivity index (χ1) is 13.4. The maximum Gasteiger partial charge on any atom is 0.321 e. The fourth-order valence-electron chi connectivity index (χ4n) is 2.52. The van der Waals surface area contributed by atoms with Crippen LogP contribution in [0.3, 0.4) is 0 Å². The molecule has 0 aliphatic rings. The fourth-order valence-corrected chi connectivity index (χ4v) is 3.44. The first-order valence-electron chi connectivity index (χ1n) is 8.54. The zero-order chi connectivity index (χ0) is 20.3. The van der Waals surface area contributed by atoms with Gasteiger partial charge in [0, 0.05) is 13.2 Å². The van der Waals surface area contributed by atoms with Gasteiger partial charge in [0.1, 0.15) is 5.82 Å². The van der Waals surface area contributed by atoms with Crippen LogP contribution in [0.1, 0.15) is 12.5 Å². The average molecular weight is 397 g/mol. The van der Waals surface area contributed by atoms with Gasteiger partial charge in [0.15, 0.2) is 5.16 Å². The lowest BCUT2D eigenvalue weighted by Crippen LogP contribution is -2.41. The highest BCUT2D eigenvalue weighted by Gasteiger charge is 2.21. The van der Waals surface area contributed by atoms with Crippen LogP contribution in [-0.2, 0) is 4.79 Å². The third-order valence-electron chi connectivity index (χ3n) is 3.99. The molecular formula is C19H19N5O3S. The van der Waals surface area contributed by atoms with Crippen LogP contribution >= 0.6 is 11.8 Å². The molecule has 3 rings (SSSR count). The molecule has 0 aliphatic heterocycles. The Morgan fingerprint density at radius 3 is 2.68 bits per heavy atom. The summed E-state index contributed by atoms with van der Waals surface area (Å²) >= 11 is 1.08. The first-order valence-corrected chi connectivity index (χ1v) is 9.42. The molecule has 0 bridgehead atoms. The number of amides is 3. The maximum absolute atomic E-state index is 13.1. The summed E-state index contributed by atoms with van der Waals surface area (Å²) in [5.74, 6) is -0.0693. The van der Waals surface area contributed by atoms with Crippen LogP contribution in [-0.4, -0.2) is 38.8 Å². The predicted molar refractivity (Wildman–Crippen MR) is 108 cm³/mol. The smallest absolute Gasteiger partial charge is 0.321 e. The van der Waals surface area contributed by atoms with Gasteiger partial charge in [0.25, 0.3) is 5.56 Å². The molecule has 1 atom stereocenters. The molecule has 3 aromatic rings. The monoisotopic (exact) mass is 397 g/mol. The van der Waals surface area contributed by atoms with Crippen molar-refractivity contribution in [3.8, 4) is 5.82 Å². The van der Waals surface area contributed by atoms with E-state index in [-0.39, 0.29) is 5.56 Å². The Bertz CT molecular complexity index is 1110. The summed E-state index contributed by atoms with van der Waals surface area (Å²) in [5, 5.41) is 4.67. The number of nitrogens with zero attached hydrogens (tertiary/aromatic N) is 3. The lowest BCUT2D eigenvalue weighted by Gasteiger charge is -2.15. The number of rotatable bonds is 4. The minimum absolute atomic E-state index is 0.273. The number of pyridine rings is 1. The van der Waals surface area contributed by atoms with Gasteiger partial charge in [-0.05, 0) is 43.7 Å². The van der Waals surface area contributed by atoms with E-state index in [1.165, 1.54) is 11.6 Å². The molecule has 0 spiro atoms. The first kappa shape index (κ1) is 19.6. The molecule has 0 radical (unpaired) electrons. The molecule has 0 unspecified atom stereocenters. The molecule has 144 valence electrons. The number of hydrogen-bond acceptors (Lipinski definition) is 6. The number of para-hydroxylation sites is 1. The second kappa shape index (κ2) is 8.22. The number of nitrogens with one attached hydrogen (secondary N) is 2. The van der Waals surface area contributed by atoms with Crippen LogP contribution in [0, 0.1) is 6.92 Å². The molecular weight excluding hydrogens is 378 g/mol. The van der Waals surface area contributed by atoms with Crippen molar-refractivity contribution in [3.63, 3.8) is 0 Å². The van der Waals surface area contributed by atoms with Crippen LogP contribution < -0.4 is 16.2 Å². The van der Waals surface area contributed by atoms with Crippen LogP contribution in [0.5, 0.6) is 0 Å². The number of thioether (sulfide) groups is 1. The molecule has 8 nitrogen and oxygen atoms in total. The van der Waals surface area contributed by atoms with Gasteiger partial charge in [-0.2, -0.15) is 0 Å². The van der Waals surface area contributed by atoms with Crippen LogP contribution in [0.4, 0.5) is 4.79 Å². The number of hydrogen-bond donors (Lipinski definition) is 2. The van der Waals surface area contributed by atoms with Gasteiger partial charge in [-0.1, -0.05) is 23.9 Å². The number of aryl methyl sites for hydroxylation is 1. The number of benzene rings is 1. The SMILES string of the molecule is CNC(=O)NC(=O)[C@H](C)Sc1nc2ccccc2c(=O)n1-c1cc(C)ccn1. The zero-order valence-corrected chi connectivity index (χ0v) is 16.4. The topological polar surface area (TPSA) is 106 Å². The standard InChI is InChI=1S/C19H19N5O3S/c1-11-8-9-21-15(10-11)24-17(26)13-6-4-5-7-14(13)22-19(24)28-12(2)16(25)23-18(27)20-3/h4-10,12H,1-3H3,(H2,20,23,25,27)/t12-/m0/s1. The molecule has 2 heterocycles. The normalized spacial score (nSPS) is 11.8. The summed E-state index contributed by atoms with van der Waals surface area (Å²) in [5.41, 5.74) is 1.19. The largest absolute Gasteiger partial charge is 0.341 e. The average Bonchev–Trinajstić information content (AvgIpc) is 2.68. The number of aromatic nitrogens is 3. The highest BCUT2D eigenvalue weighted by atomic mass is 32.2. The van der Waals surface area contributed by atoms with E-state index in [0.717, 1.165) is 17.3 Å². The molecule has 9 heteroatoms. The Hall–Kier alpha value is -3.20. The molecule has 0 aliphatic carbocycles. The van der Waals surface area contributed by atoms with E-state index in [4.69, 9.17) is 0 Å². The molecule has 0 saturated carbocycles. The second-order valence-electron chi connectivity index (χ2n) is 6.07. The summed E-state index contributed by atoms with van der Waals surface area (Å²) in [6.07, 6.45) is 1.61. The number of imide groups is 1. The van der Waals surface area contributed by atoms with Crippen LogP contribution in [0.25, 0.3) is 16.7 Å². The van der Waals surface area contributed by atoms with Crippen molar-refractivity contribution >= 4 is 34.6 Å². The highest BCUT2D eigenvalue weighted by Crippen LogP contribution is 2.24. The minimum Gasteiger partial charge on any atom is -0.341 e. The van der Waals surface area contributed by atoms with E-state index in [2.05, 4.69) is 20.6 Å². The fraction of sp³-hybridized carbons (Fsp3) is 0.211. The van der Waals surface area contributed by atoms with Gasteiger partial charge in [0.05, 0.1) is 16.2 Å². The number of carbonyl (C=O) groups excluding carboxylic acids is 2. The Morgan fingerprint density at radius 2 is 1.96 bits per heavy atom. The summed E-state index contributed by atoms with van der Waals surface area (Å²) in [4.78, 5) is 45.7. The minimum atomic E-state index is -0.665. The van der Waals surface area contributed by atoms with Gasteiger partial charge < -0.3 is 5.32 Å². The summed E-state index contributed by atoms with van der Waals surface area (Å²) in [7, 11) is 1.42. The molecule has 0 fully saturated rings. The van der Waals surface area contributed by atoms with Crippen molar-refractivity contribution < 1.29 is 9.59 Å². The third kappa shape index (κ3) is 4.04. The van der Waals surface area contributed by atoms with Crippen molar-refractivity contribution in [1.29, 1.82) is 0 Å². The van der Waals surface area contributed by atoms with Gasteiger partial charge in [0.2, 0.25) is 5.91 Å². The Kier molecular flexibility index (Phi) is 5.74. The molecule has 28 heavy (non-hydrogen) atoms. The number of urea groups is 1. The lowest BCUT2D eigenvalue weighted by molar-refractivity contribution is -0.119. The summed E-state index contributed by atoms with van der Waals surface area (Å²) < 4.78 is 1.39. The molecule has 1 aromatic carbocycles. The third-order valence-corrected chi connectivity index (χ3v) is 5.04. The van der Waals surface area contributed by atoms with E-state index < -0.39 is 17.2 Å². The highest BCUT2D eigenvalue weighted by molar-refractivity contribution is 8.00. The zero-order valence-electron chi connectivity index (χ0n) is 15.6. The number of fused-ring (bicyclic) bond motifs is 1. The van der Waals surface area contributed by atoms with Crippen LogP contribution in [0.15, 0.2) is 52.5 Å². The Labute approximate surface area is 165 Å². The quantitative estimate of drug-likeness (QED) is 0.515. The maximum atomic E-state index is 13.1. The number of carbonyl (C=O) groups is 2. The summed E-state index contributed by atoms with van der Waals surface area (Å²) in [6.45, 7) is 3.54. The lowest BCUT2D eigenvalue weighted by atomic mass is 10.2. The van der Waals surface area contributed by atoms with E-state index in [0.29, 0.717) is 21.9 Å². The predicted octanol–water partition coefficient (Wildman–Crippen LogP) is 2.03. The van der Waals surface area contributed by atoms with Gasteiger partial charge >= 0.3 is 6.03 Å². The van der Waals surface area contributed by atoms with E-state index in [9.17, 15) is 14.4 Å².